The molecule has 2 aliphatic rings. The molecule has 3 rings (SSSR count). The van der Waals surface area contributed by atoms with Crippen molar-refractivity contribution in [2.45, 2.75) is 31.1 Å². The molecule has 2 aliphatic heterocycles. The third kappa shape index (κ3) is 4.20. The standard InChI is InChI=1S/C19H24N2O4S/c1-2-25-19(24)14-6-5-10-20(12-14)17(22)9-11-21-15-7-3-4-8-16(15)26-13-18(21)23/h3-4,7-8,14H,2,5-6,9-13H2,1H3/t14-/m1/s1. The van der Waals surface area contributed by atoms with E-state index >= 15 is 0 Å². The van der Waals surface area contributed by atoms with Crippen LogP contribution in [0.25, 0.3) is 0 Å². The Kier molecular flexibility index (Phi) is 6.19. The number of hydrogen-bond acceptors (Lipinski definition) is 5. The first-order valence-corrected chi connectivity index (χ1v) is 10.0. The molecule has 2 amide bonds. The van der Waals surface area contributed by atoms with Gasteiger partial charge in [-0.1, -0.05) is 12.1 Å². The van der Waals surface area contributed by atoms with Crippen LogP contribution in [-0.2, 0) is 19.1 Å². The number of ether oxygens (including phenoxy) is 1. The van der Waals surface area contributed by atoms with Gasteiger partial charge in [0.15, 0.2) is 0 Å². The molecule has 1 aromatic rings. The maximum Gasteiger partial charge on any atom is 0.310 e. The van der Waals surface area contributed by atoms with Crippen molar-refractivity contribution in [3.05, 3.63) is 24.3 Å². The number of nitrogens with zero attached hydrogens (tertiary/aromatic N) is 2. The highest BCUT2D eigenvalue weighted by atomic mass is 32.2. The largest absolute Gasteiger partial charge is 0.466 e. The summed E-state index contributed by atoms with van der Waals surface area (Å²) in [5.41, 5.74) is 0.879. The second kappa shape index (κ2) is 8.58. The maximum atomic E-state index is 12.6. The van der Waals surface area contributed by atoms with Crippen molar-refractivity contribution in [2.24, 2.45) is 5.92 Å². The minimum atomic E-state index is -0.235. The summed E-state index contributed by atoms with van der Waals surface area (Å²) in [6.07, 6.45) is 1.83. The smallest absolute Gasteiger partial charge is 0.310 e. The van der Waals surface area contributed by atoms with Crippen LogP contribution >= 0.6 is 11.8 Å². The first-order valence-electron chi connectivity index (χ1n) is 9.06. The van der Waals surface area contributed by atoms with Gasteiger partial charge in [0.25, 0.3) is 0 Å². The average Bonchev–Trinajstić information content (AvgIpc) is 2.67. The summed E-state index contributed by atoms with van der Waals surface area (Å²) in [4.78, 5) is 41.3. The number of para-hydroxylation sites is 1. The number of rotatable bonds is 5. The fourth-order valence-electron chi connectivity index (χ4n) is 3.42. The van der Waals surface area contributed by atoms with Crippen molar-refractivity contribution in [1.82, 2.24) is 4.90 Å². The zero-order valence-corrected chi connectivity index (χ0v) is 15.8. The quantitative estimate of drug-likeness (QED) is 0.738. The second-order valence-electron chi connectivity index (χ2n) is 6.48. The Hall–Kier alpha value is -2.02. The van der Waals surface area contributed by atoms with Gasteiger partial charge in [-0.25, -0.2) is 0 Å². The van der Waals surface area contributed by atoms with Gasteiger partial charge in [-0.2, -0.15) is 0 Å². The number of carbonyl (C=O) groups is 3. The zero-order valence-electron chi connectivity index (χ0n) is 15.0. The molecule has 0 unspecified atom stereocenters. The molecule has 0 aromatic heterocycles. The molecule has 2 heterocycles. The van der Waals surface area contributed by atoms with E-state index in [1.165, 1.54) is 11.8 Å². The van der Waals surface area contributed by atoms with Crippen LogP contribution in [0.4, 0.5) is 5.69 Å². The number of benzene rings is 1. The monoisotopic (exact) mass is 376 g/mol. The maximum absolute atomic E-state index is 12.6. The van der Waals surface area contributed by atoms with Crippen LogP contribution in [0.3, 0.4) is 0 Å². The summed E-state index contributed by atoms with van der Waals surface area (Å²) in [5.74, 6) is -0.0320. The number of piperidine rings is 1. The van der Waals surface area contributed by atoms with E-state index in [1.54, 1.807) is 16.7 Å². The Morgan fingerprint density at radius 2 is 2.12 bits per heavy atom. The Morgan fingerprint density at radius 1 is 1.31 bits per heavy atom. The minimum Gasteiger partial charge on any atom is -0.466 e. The molecule has 0 saturated carbocycles. The molecule has 1 aromatic carbocycles. The molecular weight excluding hydrogens is 352 g/mol. The number of amides is 2. The van der Waals surface area contributed by atoms with E-state index in [0.717, 1.165) is 23.4 Å². The van der Waals surface area contributed by atoms with Gasteiger partial charge >= 0.3 is 5.97 Å². The molecule has 0 spiro atoms. The van der Waals surface area contributed by atoms with Gasteiger partial charge in [0.1, 0.15) is 0 Å². The highest BCUT2D eigenvalue weighted by Gasteiger charge is 2.30. The lowest BCUT2D eigenvalue weighted by atomic mass is 9.98. The summed E-state index contributed by atoms with van der Waals surface area (Å²) in [7, 11) is 0. The van der Waals surface area contributed by atoms with Crippen molar-refractivity contribution in [3.8, 4) is 0 Å². The predicted octanol–water partition coefficient (Wildman–Crippen LogP) is 2.32. The molecule has 140 valence electrons. The van der Waals surface area contributed by atoms with Crippen molar-refractivity contribution in [2.75, 3.05) is 36.9 Å². The number of esters is 1. The topological polar surface area (TPSA) is 66.9 Å². The Bertz CT molecular complexity index is 694. The number of anilines is 1. The van der Waals surface area contributed by atoms with Gasteiger partial charge in [-0.05, 0) is 31.9 Å². The SMILES string of the molecule is CCOC(=O)[C@@H]1CCCN(C(=O)CCN2C(=O)CSc3ccccc32)C1. The molecule has 1 fully saturated rings. The van der Waals surface area contributed by atoms with Crippen LogP contribution in [0.2, 0.25) is 0 Å². The number of carbonyl (C=O) groups excluding carboxylic acids is 3. The third-order valence-electron chi connectivity index (χ3n) is 4.75. The highest BCUT2D eigenvalue weighted by molar-refractivity contribution is 8.00. The molecular formula is C19H24N2O4S. The van der Waals surface area contributed by atoms with Crippen LogP contribution in [-0.4, -0.2) is 54.7 Å². The van der Waals surface area contributed by atoms with Crippen molar-refractivity contribution in [1.29, 1.82) is 0 Å². The van der Waals surface area contributed by atoms with Gasteiger partial charge in [0.2, 0.25) is 11.8 Å². The van der Waals surface area contributed by atoms with E-state index in [9.17, 15) is 14.4 Å². The summed E-state index contributed by atoms with van der Waals surface area (Å²) >= 11 is 1.53. The minimum absolute atomic E-state index is 0.0116. The summed E-state index contributed by atoms with van der Waals surface area (Å²) in [6, 6.07) is 7.77. The molecule has 0 aliphatic carbocycles. The molecule has 26 heavy (non-hydrogen) atoms. The van der Waals surface area contributed by atoms with Gasteiger partial charge in [0, 0.05) is 31.0 Å². The predicted molar refractivity (Wildman–Crippen MR) is 100 cm³/mol. The first kappa shape index (κ1) is 18.8. The lowest BCUT2D eigenvalue weighted by molar-refractivity contribution is -0.151. The van der Waals surface area contributed by atoms with Crippen LogP contribution in [0.15, 0.2) is 29.2 Å². The lowest BCUT2D eigenvalue weighted by Gasteiger charge is -2.33. The molecule has 0 radical (unpaired) electrons. The first-order chi connectivity index (χ1) is 12.6. The summed E-state index contributed by atoms with van der Waals surface area (Å²) in [5, 5.41) is 0. The normalized spacial score (nSPS) is 19.9. The summed E-state index contributed by atoms with van der Waals surface area (Å²) < 4.78 is 5.09. The lowest BCUT2D eigenvalue weighted by Crippen LogP contribution is -2.44. The van der Waals surface area contributed by atoms with E-state index in [0.29, 0.717) is 32.0 Å². The van der Waals surface area contributed by atoms with Crippen LogP contribution in [0.5, 0.6) is 0 Å². The van der Waals surface area contributed by atoms with Crippen LogP contribution in [0.1, 0.15) is 26.2 Å². The Morgan fingerprint density at radius 3 is 2.92 bits per heavy atom. The average molecular weight is 376 g/mol. The fraction of sp³-hybridized carbons (Fsp3) is 0.526. The number of hydrogen-bond donors (Lipinski definition) is 0. The number of thioether (sulfide) groups is 1. The van der Waals surface area contributed by atoms with Gasteiger partial charge < -0.3 is 14.5 Å². The zero-order chi connectivity index (χ0) is 18.5. The van der Waals surface area contributed by atoms with Crippen molar-refractivity contribution < 1.29 is 19.1 Å². The molecule has 1 saturated heterocycles. The van der Waals surface area contributed by atoms with Gasteiger partial charge in [-0.3, -0.25) is 14.4 Å². The van der Waals surface area contributed by atoms with E-state index in [1.807, 2.05) is 24.3 Å². The summed E-state index contributed by atoms with van der Waals surface area (Å²) in [6.45, 7) is 3.59. The van der Waals surface area contributed by atoms with Crippen LogP contribution < -0.4 is 4.90 Å². The number of likely N-dealkylation sites (tertiary alicyclic amines) is 1. The van der Waals surface area contributed by atoms with E-state index in [-0.39, 0.29) is 30.1 Å². The van der Waals surface area contributed by atoms with Crippen LogP contribution in [0, 0.1) is 5.92 Å². The van der Waals surface area contributed by atoms with E-state index in [2.05, 4.69) is 0 Å². The van der Waals surface area contributed by atoms with Crippen molar-refractivity contribution in [3.63, 3.8) is 0 Å². The van der Waals surface area contributed by atoms with Gasteiger partial charge in [-0.15, -0.1) is 11.8 Å². The molecule has 1 atom stereocenters. The van der Waals surface area contributed by atoms with Crippen molar-refractivity contribution >= 4 is 35.2 Å². The molecule has 0 bridgehead atoms. The second-order valence-corrected chi connectivity index (χ2v) is 7.50. The Balaban J connectivity index is 1.59. The molecule has 7 heteroatoms. The molecule has 0 N–H and O–H groups in total. The molecule has 6 nitrogen and oxygen atoms in total. The number of fused-ring (bicyclic) bond motifs is 1. The fourth-order valence-corrected chi connectivity index (χ4v) is 4.36. The van der Waals surface area contributed by atoms with E-state index in [4.69, 9.17) is 4.74 Å². The Labute approximate surface area is 157 Å². The highest BCUT2D eigenvalue weighted by Crippen LogP contribution is 2.35. The van der Waals surface area contributed by atoms with Gasteiger partial charge in [0.05, 0.1) is 24.0 Å². The third-order valence-corrected chi connectivity index (χ3v) is 5.80. The van der Waals surface area contributed by atoms with E-state index < -0.39 is 0 Å².